The van der Waals surface area contributed by atoms with Crippen molar-refractivity contribution in [1.82, 2.24) is 9.40 Å². The summed E-state index contributed by atoms with van der Waals surface area (Å²) in [7, 11) is -3.42. The van der Waals surface area contributed by atoms with Gasteiger partial charge in [-0.1, -0.05) is 31.5 Å². The number of hydrogen-bond donors (Lipinski definition) is 3. The monoisotopic (exact) mass is 335 g/mol. The highest BCUT2D eigenvalue weighted by atomic mass is 32.2. The first kappa shape index (κ1) is 17.0. The molecule has 0 spiro atoms. The van der Waals surface area contributed by atoms with E-state index in [2.05, 4.69) is 17.5 Å². The van der Waals surface area contributed by atoms with Gasteiger partial charge in [0, 0.05) is 17.1 Å². The maximum Gasteiger partial charge on any atom is 0.236 e. The zero-order valence-corrected chi connectivity index (χ0v) is 14.0. The van der Waals surface area contributed by atoms with E-state index in [1.54, 1.807) is 18.3 Å². The lowest BCUT2D eigenvalue weighted by Gasteiger charge is -2.05. The molecular formula is C15H21N5O2S. The molecule has 1 aromatic heterocycles. The van der Waals surface area contributed by atoms with Crippen molar-refractivity contribution < 1.29 is 8.42 Å². The quantitative estimate of drug-likeness (QED) is 0.424. The summed E-state index contributed by atoms with van der Waals surface area (Å²) in [6.07, 6.45) is 5.28. The Hall–Kier alpha value is -2.35. The normalized spacial score (nSPS) is 12.5. The number of benzene rings is 1. The first-order valence-electron chi connectivity index (χ1n) is 7.32. The predicted octanol–water partition coefficient (Wildman–Crippen LogP) is 1.83. The molecule has 0 unspecified atom stereocenters. The molecule has 0 saturated heterocycles. The number of aromatic nitrogens is 1. The van der Waals surface area contributed by atoms with E-state index >= 15 is 0 Å². The van der Waals surface area contributed by atoms with Crippen molar-refractivity contribution in [2.75, 3.05) is 6.26 Å². The molecule has 0 bridgehead atoms. The van der Waals surface area contributed by atoms with Crippen molar-refractivity contribution in [2.24, 2.45) is 10.8 Å². The van der Waals surface area contributed by atoms with Crippen LogP contribution in [0.5, 0.6) is 0 Å². The van der Waals surface area contributed by atoms with Gasteiger partial charge in [-0.2, -0.15) is 5.10 Å². The SMILES string of the molecule is CCCC/C(=N\NC(=N)N)c1cn(S(C)(=O)=O)c2ccccc12. The summed E-state index contributed by atoms with van der Waals surface area (Å²) in [5.41, 5.74) is 9.77. The molecule has 0 radical (unpaired) electrons. The second-order valence-corrected chi connectivity index (χ2v) is 7.17. The number of hydrogen-bond acceptors (Lipinski definition) is 4. The fourth-order valence-corrected chi connectivity index (χ4v) is 3.19. The fraction of sp³-hybridized carbons (Fsp3) is 0.333. The average molecular weight is 335 g/mol. The van der Waals surface area contributed by atoms with Gasteiger partial charge in [-0.3, -0.25) is 5.41 Å². The molecule has 2 rings (SSSR count). The van der Waals surface area contributed by atoms with Gasteiger partial charge in [-0.15, -0.1) is 0 Å². The lowest BCUT2D eigenvalue weighted by atomic mass is 10.0. The fourth-order valence-electron chi connectivity index (χ4n) is 2.38. The van der Waals surface area contributed by atoms with Crippen molar-refractivity contribution in [3.63, 3.8) is 0 Å². The van der Waals surface area contributed by atoms with Crippen molar-refractivity contribution in [2.45, 2.75) is 26.2 Å². The van der Waals surface area contributed by atoms with Crippen molar-refractivity contribution >= 4 is 32.6 Å². The standard InChI is InChI=1S/C15H21N5O2S/c1-3-4-8-13(18-19-15(16)17)12-10-20(23(2,21)22)14-9-6-5-7-11(12)14/h5-7,9-10H,3-4,8H2,1-2H3,(H4,16,17,19)/b18-13+. The zero-order valence-electron chi connectivity index (χ0n) is 13.2. The van der Waals surface area contributed by atoms with Gasteiger partial charge in [-0.25, -0.2) is 17.8 Å². The first-order chi connectivity index (χ1) is 10.8. The highest BCUT2D eigenvalue weighted by Gasteiger charge is 2.17. The Bertz CT molecular complexity index is 852. The topological polar surface area (TPSA) is 113 Å². The molecule has 2 aromatic rings. The average Bonchev–Trinajstić information content (AvgIpc) is 2.87. The first-order valence-corrected chi connectivity index (χ1v) is 9.17. The molecule has 8 heteroatoms. The summed E-state index contributed by atoms with van der Waals surface area (Å²) < 4.78 is 25.3. The van der Waals surface area contributed by atoms with E-state index in [0.717, 1.165) is 23.8 Å². The van der Waals surface area contributed by atoms with E-state index < -0.39 is 10.0 Å². The lowest BCUT2D eigenvalue weighted by molar-refractivity contribution is 0.595. The van der Waals surface area contributed by atoms with Crippen LogP contribution in [0.3, 0.4) is 0 Å². The maximum absolute atomic E-state index is 12.0. The largest absolute Gasteiger partial charge is 0.369 e. The van der Waals surface area contributed by atoms with E-state index in [4.69, 9.17) is 11.1 Å². The van der Waals surface area contributed by atoms with E-state index in [1.165, 1.54) is 10.2 Å². The maximum atomic E-state index is 12.0. The number of para-hydroxylation sites is 1. The molecule has 0 amide bonds. The molecule has 0 aliphatic rings. The van der Waals surface area contributed by atoms with Crippen LogP contribution in [0.15, 0.2) is 35.6 Å². The van der Waals surface area contributed by atoms with Crippen LogP contribution in [-0.4, -0.2) is 30.3 Å². The van der Waals surface area contributed by atoms with Gasteiger partial charge in [0.2, 0.25) is 16.0 Å². The summed E-state index contributed by atoms with van der Waals surface area (Å²) in [6.45, 7) is 2.07. The van der Waals surface area contributed by atoms with Crippen LogP contribution in [0.4, 0.5) is 0 Å². The van der Waals surface area contributed by atoms with Crippen LogP contribution in [0.2, 0.25) is 0 Å². The number of unbranched alkanes of at least 4 members (excludes halogenated alkanes) is 1. The van der Waals surface area contributed by atoms with Crippen molar-refractivity contribution in [3.05, 3.63) is 36.0 Å². The third-order valence-corrected chi connectivity index (χ3v) is 4.44. The van der Waals surface area contributed by atoms with Crippen LogP contribution >= 0.6 is 0 Å². The second kappa shape index (κ2) is 6.82. The lowest BCUT2D eigenvalue weighted by Crippen LogP contribution is -2.27. The number of nitrogens with one attached hydrogen (secondary N) is 2. The zero-order chi connectivity index (χ0) is 17.0. The van der Waals surface area contributed by atoms with Gasteiger partial charge in [0.1, 0.15) is 0 Å². The summed E-state index contributed by atoms with van der Waals surface area (Å²) in [4.78, 5) is 0. The van der Waals surface area contributed by atoms with E-state index in [9.17, 15) is 8.42 Å². The summed E-state index contributed by atoms with van der Waals surface area (Å²) in [5.74, 6) is -0.258. The second-order valence-electron chi connectivity index (χ2n) is 5.31. The number of hydrazone groups is 1. The highest BCUT2D eigenvalue weighted by Crippen LogP contribution is 2.24. The Balaban J connectivity index is 2.63. The Morgan fingerprint density at radius 1 is 1.39 bits per heavy atom. The molecule has 0 saturated carbocycles. The van der Waals surface area contributed by atoms with Gasteiger partial charge in [0.25, 0.3) is 0 Å². The number of nitrogens with zero attached hydrogens (tertiary/aromatic N) is 2. The molecule has 0 aliphatic heterocycles. The summed E-state index contributed by atoms with van der Waals surface area (Å²) in [6, 6.07) is 7.27. The Labute approximate surface area is 135 Å². The number of guanidine groups is 1. The molecule has 4 N–H and O–H groups in total. The smallest absolute Gasteiger partial charge is 0.236 e. The van der Waals surface area contributed by atoms with Gasteiger partial charge in [0.15, 0.2) is 0 Å². The van der Waals surface area contributed by atoms with Crippen molar-refractivity contribution in [3.8, 4) is 0 Å². The third kappa shape index (κ3) is 3.89. The minimum atomic E-state index is -3.42. The van der Waals surface area contributed by atoms with Gasteiger partial charge >= 0.3 is 0 Å². The molecule has 0 aliphatic carbocycles. The number of fused-ring (bicyclic) bond motifs is 1. The van der Waals surface area contributed by atoms with Crippen LogP contribution in [0, 0.1) is 5.41 Å². The molecule has 0 fully saturated rings. The van der Waals surface area contributed by atoms with Gasteiger partial charge < -0.3 is 5.73 Å². The Morgan fingerprint density at radius 3 is 2.70 bits per heavy atom. The molecule has 1 heterocycles. The molecule has 0 atom stereocenters. The van der Waals surface area contributed by atoms with E-state index in [0.29, 0.717) is 17.6 Å². The molecule has 7 nitrogen and oxygen atoms in total. The van der Waals surface area contributed by atoms with Crippen LogP contribution in [-0.2, 0) is 10.0 Å². The Morgan fingerprint density at radius 2 is 2.09 bits per heavy atom. The number of nitrogens with two attached hydrogens (primary N) is 1. The minimum absolute atomic E-state index is 0.258. The summed E-state index contributed by atoms with van der Waals surface area (Å²) in [5, 5.41) is 12.2. The van der Waals surface area contributed by atoms with Crippen LogP contribution in [0.25, 0.3) is 10.9 Å². The highest BCUT2D eigenvalue weighted by molar-refractivity contribution is 7.89. The van der Waals surface area contributed by atoms with Gasteiger partial charge in [-0.05, 0) is 18.9 Å². The molecule has 1 aromatic carbocycles. The Kier molecular flexibility index (Phi) is 5.05. The molecular weight excluding hydrogens is 314 g/mol. The molecule has 23 heavy (non-hydrogen) atoms. The minimum Gasteiger partial charge on any atom is -0.369 e. The number of rotatable bonds is 6. The van der Waals surface area contributed by atoms with E-state index in [1.807, 2.05) is 12.1 Å². The van der Waals surface area contributed by atoms with Crippen LogP contribution in [0.1, 0.15) is 31.7 Å². The van der Waals surface area contributed by atoms with Crippen molar-refractivity contribution in [1.29, 1.82) is 5.41 Å². The van der Waals surface area contributed by atoms with E-state index in [-0.39, 0.29) is 5.96 Å². The van der Waals surface area contributed by atoms with Gasteiger partial charge in [0.05, 0.1) is 17.5 Å². The predicted molar refractivity (Wildman–Crippen MR) is 93.3 cm³/mol. The van der Waals surface area contributed by atoms with Crippen LogP contribution < -0.4 is 11.2 Å². The summed E-state index contributed by atoms with van der Waals surface area (Å²) >= 11 is 0. The molecule has 124 valence electrons. The third-order valence-electron chi connectivity index (χ3n) is 3.42.